The summed E-state index contributed by atoms with van der Waals surface area (Å²) >= 11 is 0. The first-order valence-electron chi connectivity index (χ1n) is 15.8. The predicted octanol–water partition coefficient (Wildman–Crippen LogP) is 8.46. The monoisotopic (exact) mass is 573 g/mol. The van der Waals surface area contributed by atoms with Crippen LogP contribution >= 0.6 is 0 Å². The third-order valence-corrected chi connectivity index (χ3v) is 8.26. The van der Waals surface area contributed by atoms with Gasteiger partial charge in [0.15, 0.2) is 0 Å². The van der Waals surface area contributed by atoms with Crippen LogP contribution in [0.15, 0.2) is 97.9 Å². The number of likely N-dealkylation sites (tertiary alicyclic amines) is 1. The van der Waals surface area contributed by atoms with Crippen LogP contribution in [0.5, 0.6) is 0 Å². The average Bonchev–Trinajstić information content (AvgIpc) is 3.22. The lowest BCUT2D eigenvalue weighted by molar-refractivity contribution is 0.405. The second-order valence-electron chi connectivity index (χ2n) is 12.6. The van der Waals surface area contributed by atoms with Gasteiger partial charge in [-0.3, -0.25) is 0 Å². The highest BCUT2D eigenvalue weighted by molar-refractivity contribution is 5.49. The lowest BCUT2D eigenvalue weighted by Gasteiger charge is -2.30. The molecule has 5 heteroatoms. The molecule has 2 rings (SSSR count). The van der Waals surface area contributed by atoms with Gasteiger partial charge in [-0.1, -0.05) is 92.6 Å². The summed E-state index contributed by atoms with van der Waals surface area (Å²) in [5.74, 6) is 1.49. The maximum Gasteiger partial charge on any atom is 0.0673 e. The Kier molecular flexibility index (Phi) is 14.1. The minimum atomic E-state index is 0.0182. The van der Waals surface area contributed by atoms with Gasteiger partial charge in [0.1, 0.15) is 0 Å². The number of nitrogens with zero attached hydrogens (tertiary/aromatic N) is 1. The highest BCUT2D eigenvalue weighted by Gasteiger charge is 2.30. The second-order valence-corrected chi connectivity index (χ2v) is 12.6. The Labute approximate surface area is 258 Å². The van der Waals surface area contributed by atoms with E-state index in [0.29, 0.717) is 17.8 Å². The van der Waals surface area contributed by atoms with Gasteiger partial charge < -0.3 is 26.2 Å². The van der Waals surface area contributed by atoms with E-state index in [1.54, 1.807) is 0 Å². The molecule has 0 spiro atoms. The molecule has 4 N–H and O–H groups in total. The molecule has 0 radical (unpaired) electrons. The largest absolute Gasteiger partial charge is 0.387 e. The van der Waals surface area contributed by atoms with Crippen LogP contribution in [0.3, 0.4) is 0 Å². The van der Waals surface area contributed by atoms with Crippen LogP contribution in [0.25, 0.3) is 0 Å². The molecule has 1 saturated heterocycles. The maximum atomic E-state index is 4.33. The molecule has 42 heavy (non-hydrogen) atoms. The van der Waals surface area contributed by atoms with E-state index in [4.69, 9.17) is 0 Å². The van der Waals surface area contributed by atoms with Crippen molar-refractivity contribution in [2.24, 2.45) is 17.8 Å². The van der Waals surface area contributed by atoms with Gasteiger partial charge in [0, 0.05) is 58.9 Å². The zero-order valence-corrected chi connectivity index (χ0v) is 27.5. The van der Waals surface area contributed by atoms with Gasteiger partial charge in [0.25, 0.3) is 0 Å². The molecular weight excluding hydrogens is 514 g/mol. The predicted molar refractivity (Wildman–Crippen MR) is 185 cm³/mol. The number of benzene rings is 1. The summed E-state index contributed by atoms with van der Waals surface area (Å²) in [5, 5.41) is 14.1. The number of unbranched alkanes of at least 4 members (excludes halogenated alkanes) is 1. The molecule has 1 aliphatic rings. The first kappa shape index (κ1) is 34.9. The fourth-order valence-electron chi connectivity index (χ4n) is 5.38. The van der Waals surface area contributed by atoms with Crippen molar-refractivity contribution in [2.45, 2.75) is 92.2 Å². The molecule has 0 bridgehead atoms. The zero-order valence-electron chi connectivity index (χ0n) is 27.5. The summed E-state index contributed by atoms with van der Waals surface area (Å²) < 4.78 is 0. The fourth-order valence-corrected chi connectivity index (χ4v) is 5.38. The fraction of sp³-hybridized carbons (Fsp3) is 0.514. The maximum absolute atomic E-state index is 4.33. The number of nitrogens with one attached hydrogen (secondary N) is 4. The normalized spacial score (nSPS) is 16.4. The molecule has 1 fully saturated rings. The van der Waals surface area contributed by atoms with Crippen molar-refractivity contribution in [2.75, 3.05) is 18.4 Å². The van der Waals surface area contributed by atoms with E-state index in [2.05, 4.69) is 131 Å². The molecule has 0 amide bonds. The molecule has 1 aromatic rings. The molecular formula is C37H59N5. The molecule has 1 aromatic carbocycles. The summed E-state index contributed by atoms with van der Waals surface area (Å²) in [6.07, 6.45) is 6.15. The molecule has 1 heterocycles. The Morgan fingerprint density at radius 3 is 2.14 bits per heavy atom. The number of hydrogen-bond acceptors (Lipinski definition) is 5. The van der Waals surface area contributed by atoms with Crippen LogP contribution in [-0.4, -0.2) is 30.1 Å². The molecule has 3 atom stereocenters. The van der Waals surface area contributed by atoms with Crippen LogP contribution in [-0.2, 0) is 6.42 Å². The van der Waals surface area contributed by atoms with E-state index >= 15 is 0 Å². The Morgan fingerprint density at radius 1 is 0.905 bits per heavy atom. The van der Waals surface area contributed by atoms with E-state index in [0.717, 1.165) is 80.1 Å². The van der Waals surface area contributed by atoms with Crippen molar-refractivity contribution >= 4 is 5.69 Å². The SMILES string of the molecule is C=C(CCc1ccc(NC(=C)C(C)NC(=C)C(NC(=C)CCCC)C(C)C)cc1)NCCN1C(=C)CC(C(C)C)C1=C. The van der Waals surface area contributed by atoms with E-state index in [9.17, 15) is 0 Å². The van der Waals surface area contributed by atoms with E-state index in [1.807, 2.05) is 0 Å². The summed E-state index contributed by atoms with van der Waals surface area (Å²) in [5.41, 5.74) is 8.68. The third kappa shape index (κ3) is 10.8. The van der Waals surface area contributed by atoms with Crippen LogP contribution in [0.1, 0.15) is 79.2 Å². The third-order valence-electron chi connectivity index (χ3n) is 8.26. The number of allylic oxidation sites excluding steroid dienone is 4. The second kappa shape index (κ2) is 16.9. The molecule has 0 saturated carbocycles. The lowest BCUT2D eigenvalue weighted by atomic mass is 9.92. The van der Waals surface area contributed by atoms with Crippen LogP contribution in [0.2, 0.25) is 0 Å². The van der Waals surface area contributed by atoms with Crippen molar-refractivity contribution in [1.82, 2.24) is 20.9 Å². The molecule has 1 aliphatic heterocycles. The van der Waals surface area contributed by atoms with E-state index < -0.39 is 0 Å². The minimum absolute atomic E-state index is 0.0182. The molecule has 0 aromatic heterocycles. The molecule has 5 nitrogen and oxygen atoms in total. The molecule has 232 valence electrons. The Hall–Kier alpha value is -3.34. The van der Waals surface area contributed by atoms with E-state index in [-0.39, 0.29) is 12.1 Å². The van der Waals surface area contributed by atoms with Crippen molar-refractivity contribution in [3.63, 3.8) is 0 Å². The number of hydrogen-bond donors (Lipinski definition) is 4. The van der Waals surface area contributed by atoms with Crippen molar-refractivity contribution in [3.8, 4) is 0 Å². The van der Waals surface area contributed by atoms with Gasteiger partial charge in [-0.15, -0.1) is 0 Å². The Bertz CT molecular complexity index is 1090. The van der Waals surface area contributed by atoms with Crippen LogP contribution in [0, 0.1) is 17.8 Å². The Balaban J connectivity index is 1.76. The van der Waals surface area contributed by atoms with Gasteiger partial charge in [-0.05, 0) is 68.6 Å². The smallest absolute Gasteiger partial charge is 0.0673 e. The van der Waals surface area contributed by atoms with Gasteiger partial charge in [-0.25, -0.2) is 0 Å². The van der Waals surface area contributed by atoms with Crippen molar-refractivity contribution < 1.29 is 0 Å². The first-order valence-corrected chi connectivity index (χ1v) is 15.8. The topological polar surface area (TPSA) is 51.4 Å². The van der Waals surface area contributed by atoms with Gasteiger partial charge in [-0.2, -0.15) is 0 Å². The van der Waals surface area contributed by atoms with Crippen molar-refractivity contribution in [3.05, 3.63) is 103 Å². The standard InChI is InChI=1S/C37H59N5/c1-13-14-15-28(7)39-37(26(4)5)32(11)40-30(9)31(10)41-35-20-18-34(19-21-35)17-16-27(6)38-22-23-42-29(8)24-36(25(2)3)33(42)12/h18-21,25-26,30,36-41H,6-8,10-17,22-24H2,1-5,9H3. The lowest BCUT2D eigenvalue weighted by Crippen LogP contribution is -2.42. The summed E-state index contributed by atoms with van der Waals surface area (Å²) in [4.78, 5) is 2.28. The van der Waals surface area contributed by atoms with Crippen LogP contribution < -0.4 is 21.3 Å². The summed E-state index contributed by atoms with van der Waals surface area (Å²) in [7, 11) is 0. The highest BCUT2D eigenvalue weighted by atomic mass is 15.2. The Morgan fingerprint density at radius 2 is 1.57 bits per heavy atom. The molecule has 0 aliphatic carbocycles. The average molecular weight is 574 g/mol. The summed E-state index contributed by atoms with van der Waals surface area (Å²) in [6, 6.07) is 8.71. The number of aryl methyl sites for hydroxylation is 1. The first-order chi connectivity index (χ1) is 19.8. The highest BCUT2D eigenvalue weighted by Crippen LogP contribution is 2.38. The zero-order chi connectivity index (χ0) is 31.4. The number of anilines is 1. The molecule has 3 unspecified atom stereocenters. The quantitative estimate of drug-likeness (QED) is 0.126. The number of rotatable bonds is 20. The van der Waals surface area contributed by atoms with Crippen molar-refractivity contribution in [1.29, 1.82) is 0 Å². The van der Waals surface area contributed by atoms with Crippen LogP contribution in [0.4, 0.5) is 5.69 Å². The summed E-state index contributed by atoms with van der Waals surface area (Å²) in [6.45, 7) is 40.6. The van der Waals surface area contributed by atoms with E-state index in [1.165, 1.54) is 17.0 Å². The van der Waals surface area contributed by atoms with Gasteiger partial charge in [0.05, 0.1) is 12.1 Å². The minimum Gasteiger partial charge on any atom is -0.387 e. The van der Waals surface area contributed by atoms with Gasteiger partial charge in [0.2, 0.25) is 0 Å². The van der Waals surface area contributed by atoms with Gasteiger partial charge >= 0.3 is 0 Å².